The number of carbonyl (C=O) groups is 1. The molecule has 3 N–H and O–H groups in total. The second-order valence-electron chi connectivity index (χ2n) is 9.27. The molecule has 0 aliphatic carbocycles. The van der Waals surface area contributed by atoms with Crippen LogP contribution in [0, 0.1) is 24.2 Å². The molecule has 3 rings (SSSR count). The van der Waals surface area contributed by atoms with Gasteiger partial charge >= 0.3 is 5.97 Å². The first-order chi connectivity index (χ1) is 19.0. The van der Waals surface area contributed by atoms with Gasteiger partial charge in [-0.3, -0.25) is 14.1 Å². The summed E-state index contributed by atoms with van der Waals surface area (Å²) in [6.07, 6.45) is 3.57. The molecule has 11 nitrogen and oxygen atoms in total. The number of anilines is 1. The minimum absolute atomic E-state index is 0.000946. The van der Waals surface area contributed by atoms with Crippen LogP contribution in [0.5, 0.6) is 5.88 Å². The molecule has 12 heteroatoms. The Morgan fingerprint density at radius 1 is 1.12 bits per heavy atom. The largest absolute Gasteiger partial charge is 0.493 e. The molecular weight excluding hydrogens is 534 g/mol. The SMILES string of the molecule is CCCCC(CC)Cn1c(O)c(/N=N/c2ccccc2S(=O)(=O)Nc2ccc(C(=O)O)cc2)c(C)c(C#N)c1=O. The Morgan fingerprint density at radius 2 is 1.80 bits per heavy atom. The van der Waals surface area contributed by atoms with Crippen molar-refractivity contribution in [3.8, 4) is 11.9 Å². The second kappa shape index (κ2) is 13.0. The Morgan fingerprint density at radius 3 is 2.40 bits per heavy atom. The molecule has 0 radical (unpaired) electrons. The number of carboxylic acid groups (broad SMARTS) is 1. The number of nitrogens with zero attached hydrogens (tertiary/aromatic N) is 4. The first kappa shape index (κ1) is 30.0. The minimum Gasteiger partial charge on any atom is -0.493 e. The highest BCUT2D eigenvalue weighted by atomic mass is 32.2. The van der Waals surface area contributed by atoms with E-state index >= 15 is 0 Å². The Labute approximate surface area is 232 Å². The van der Waals surface area contributed by atoms with Crippen molar-refractivity contribution in [1.82, 2.24) is 4.57 Å². The molecule has 0 spiro atoms. The summed E-state index contributed by atoms with van der Waals surface area (Å²) in [7, 11) is -4.18. The average Bonchev–Trinajstić information content (AvgIpc) is 2.93. The van der Waals surface area contributed by atoms with Crippen LogP contribution in [0.15, 0.2) is 68.4 Å². The van der Waals surface area contributed by atoms with E-state index in [1.165, 1.54) is 49.4 Å². The van der Waals surface area contributed by atoms with Gasteiger partial charge in [0.25, 0.3) is 15.6 Å². The number of benzene rings is 2. The molecule has 1 heterocycles. The third-order valence-electron chi connectivity index (χ3n) is 6.55. The van der Waals surface area contributed by atoms with Crippen LogP contribution in [0.2, 0.25) is 0 Å². The number of hydrogen-bond acceptors (Lipinski definition) is 8. The van der Waals surface area contributed by atoms with Crippen molar-refractivity contribution < 1.29 is 23.4 Å². The van der Waals surface area contributed by atoms with E-state index in [0.29, 0.717) is 0 Å². The Kier molecular flexibility index (Phi) is 9.79. The van der Waals surface area contributed by atoms with Gasteiger partial charge in [-0.25, -0.2) is 13.2 Å². The number of unbranched alkanes of at least 4 members (excludes halogenated alkanes) is 1. The predicted molar refractivity (Wildman–Crippen MR) is 150 cm³/mol. The molecule has 0 saturated heterocycles. The standard InChI is InChI=1S/C28H31N5O6S/c1-4-6-9-19(5-2)17-33-26(34)22(16-29)18(3)25(27(33)35)31-30-23-10-7-8-11-24(23)40(38,39)32-21-14-12-20(13-15-21)28(36)37/h7-8,10-15,19,32,35H,4-6,9,17H2,1-3H3,(H,36,37)/b31-30+. The van der Waals surface area contributed by atoms with Crippen LogP contribution in [0.25, 0.3) is 0 Å². The molecule has 2 aromatic carbocycles. The maximum absolute atomic E-state index is 13.2. The van der Waals surface area contributed by atoms with Crippen LogP contribution in [-0.4, -0.2) is 29.2 Å². The number of pyridine rings is 1. The molecule has 0 fully saturated rings. The lowest BCUT2D eigenvalue weighted by Crippen LogP contribution is -2.27. The van der Waals surface area contributed by atoms with Gasteiger partial charge < -0.3 is 10.2 Å². The van der Waals surface area contributed by atoms with E-state index in [1.54, 1.807) is 6.07 Å². The van der Waals surface area contributed by atoms with E-state index < -0.39 is 27.4 Å². The average molecular weight is 566 g/mol. The fraction of sp³-hybridized carbons (Fsp3) is 0.321. The van der Waals surface area contributed by atoms with E-state index in [0.717, 1.165) is 30.3 Å². The number of hydrogen-bond donors (Lipinski definition) is 3. The normalized spacial score (nSPS) is 12.2. The zero-order valence-electron chi connectivity index (χ0n) is 22.5. The lowest BCUT2D eigenvalue weighted by molar-refractivity contribution is 0.0697. The second-order valence-corrected chi connectivity index (χ2v) is 10.9. The number of rotatable bonds is 12. The number of carboxylic acids is 1. The Bertz CT molecular complexity index is 1620. The topological polar surface area (TPSA) is 174 Å². The highest BCUT2D eigenvalue weighted by Gasteiger charge is 2.23. The molecule has 3 aromatic rings. The van der Waals surface area contributed by atoms with Crippen LogP contribution >= 0.6 is 0 Å². The summed E-state index contributed by atoms with van der Waals surface area (Å²) in [6.45, 7) is 5.73. The molecule has 1 unspecified atom stereocenters. The third kappa shape index (κ3) is 6.73. The van der Waals surface area contributed by atoms with Gasteiger partial charge in [0.15, 0.2) is 5.69 Å². The van der Waals surface area contributed by atoms with Gasteiger partial charge in [-0.2, -0.15) is 5.26 Å². The highest BCUT2D eigenvalue weighted by Crippen LogP contribution is 2.34. The molecule has 40 heavy (non-hydrogen) atoms. The summed E-state index contributed by atoms with van der Waals surface area (Å²) in [5.41, 5.74) is -0.682. The summed E-state index contributed by atoms with van der Waals surface area (Å²) in [4.78, 5) is 23.8. The Hall–Kier alpha value is -4.50. The number of azo groups is 1. The van der Waals surface area contributed by atoms with E-state index in [-0.39, 0.29) is 51.1 Å². The van der Waals surface area contributed by atoms with Gasteiger partial charge in [-0.15, -0.1) is 10.2 Å². The fourth-order valence-electron chi connectivity index (χ4n) is 4.16. The van der Waals surface area contributed by atoms with E-state index in [9.17, 15) is 28.4 Å². The summed E-state index contributed by atoms with van der Waals surface area (Å²) in [6, 6.07) is 12.9. The maximum atomic E-state index is 13.2. The maximum Gasteiger partial charge on any atom is 0.335 e. The van der Waals surface area contributed by atoms with Crippen LogP contribution in [0.3, 0.4) is 0 Å². The van der Waals surface area contributed by atoms with Crippen LogP contribution in [-0.2, 0) is 16.6 Å². The monoisotopic (exact) mass is 565 g/mol. The van der Waals surface area contributed by atoms with Gasteiger partial charge in [-0.05, 0) is 55.7 Å². The number of aromatic hydroxyl groups is 1. The molecule has 210 valence electrons. The summed E-state index contributed by atoms with van der Waals surface area (Å²) in [5, 5.41) is 37.9. The molecule has 0 saturated carbocycles. The van der Waals surface area contributed by atoms with E-state index in [2.05, 4.69) is 21.9 Å². The number of sulfonamides is 1. The zero-order chi connectivity index (χ0) is 29.4. The Balaban J connectivity index is 2.02. The van der Waals surface area contributed by atoms with Crippen molar-refractivity contribution in [3.63, 3.8) is 0 Å². The molecule has 1 aromatic heterocycles. The summed E-state index contributed by atoms with van der Waals surface area (Å²) >= 11 is 0. The lowest BCUT2D eigenvalue weighted by atomic mass is 9.99. The first-order valence-electron chi connectivity index (χ1n) is 12.8. The van der Waals surface area contributed by atoms with Crippen LogP contribution < -0.4 is 10.3 Å². The van der Waals surface area contributed by atoms with E-state index in [4.69, 9.17) is 5.11 Å². The van der Waals surface area contributed by atoms with Crippen LogP contribution in [0.1, 0.15) is 61.0 Å². The highest BCUT2D eigenvalue weighted by molar-refractivity contribution is 7.92. The quantitative estimate of drug-likeness (QED) is 0.230. The molecule has 0 aliphatic rings. The van der Waals surface area contributed by atoms with Crippen molar-refractivity contribution in [2.45, 2.75) is 57.9 Å². The number of nitriles is 1. The molecule has 0 bridgehead atoms. The van der Waals surface area contributed by atoms with Crippen molar-refractivity contribution in [1.29, 1.82) is 5.26 Å². The molecule has 0 aliphatic heterocycles. The van der Waals surface area contributed by atoms with Gasteiger partial charge in [0.05, 0.1) is 5.56 Å². The van der Waals surface area contributed by atoms with Crippen LogP contribution in [0.4, 0.5) is 17.1 Å². The zero-order valence-corrected chi connectivity index (χ0v) is 23.3. The molecule has 1 atom stereocenters. The van der Waals surface area contributed by atoms with Gasteiger partial charge in [0.1, 0.15) is 22.2 Å². The van der Waals surface area contributed by atoms with Crippen molar-refractivity contribution in [2.75, 3.05) is 4.72 Å². The van der Waals surface area contributed by atoms with Crippen molar-refractivity contribution >= 4 is 33.1 Å². The van der Waals surface area contributed by atoms with Gasteiger partial charge in [-0.1, -0.05) is 45.2 Å². The summed E-state index contributed by atoms with van der Waals surface area (Å²) in [5.74, 6) is -1.49. The smallest absolute Gasteiger partial charge is 0.335 e. The third-order valence-corrected chi connectivity index (χ3v) is 7.98. The lowest BCUT2D eigenvalue weighted by Gasteiger charge is -2.19. The predicted octanol–water partition coefficient (Wildman–Crippen LogP) is 5.86. The van der Waals surface area contributed by atoms with Gasteiger partial charge in [0, 0.05) is 17.8 Å². The number of aromatic nitrogens is 1. The first-order valence-corrected chi connectivity index (χ1v) is 14.3. The molecular formula is C28H31N5O6S. The van der Waals surface area contributed by atoms with Crippen molar-refractivity contribution in [2.24, 2.45) is 16.1 Å². The number of aromatic carboxylic acids is 1. The van der Waals surface area contributed by atoms with E-state index in [1.807, 2.05) is 13.0 Å². The number of nitrogens with one attached hydrogen (secondary N) is 1. The minimum atomic E-state index is -4.18. The van der Waals surface area contributed by atoms with Gasteiger partial charge in [0.2, 0.25) is 5.88 Å². The fourth-order valence-corrected chi connectivity index (χ4v) is 5.36. The van der Waals surface area contributed by atoms with Crippen molar-refractivity contribution in [3.05, 3.63) is 75.6 Å². The molecule has 0 amide bonds. The summed E-state index contributed by atoms with van der Waals surface area (Å²) < 4.78 is 29.8.